The highest BCUT2D eigenvalue weighted by atomic mass is 16.7. The number of carbonyl (C=O) groups excluding carboxylic acids is 1. The van der Waals surface area contributed by atoms with Crippen LogP contribution in [0, 0.1) is 0 Å². The minimum atomic E-state index is -1.67. The Hall–Kier alpha value is -1.67. The van der Waals surface area contributed by atoms with Crippen molar-refractivity contribution >= 4 is 5.91 Å². The molecule has 0 bridgehead atoms. The van der Waals surface area contributed by atoms with Gasteiger partial charge in [-0.05, 0) is 64.2 Å². The van der Waals surface area contributed by atoms with Crippen LogP contribution in [0.25, 0.3) is 0 Å². The van der Waals surface area contributed by atoms with Crippen molar-refractivity contribution in [2.24, 2.45) is 0 Å². The van der Waals surface area contributed by atoms with Crippen molar-refractivity contribution in [3.63, 3.8) is 0 Å². The van der Waals surface area contributed by atoms with Crippen molar-refractivity contribution in [3.05, 3.63) is 36.5 Å². The summed E-state index contributed by atoms with van der Waals surface area (Å²) in [6, 6.07) is -1.19. The van der Waals surface area contributed by atoms with E-state index in [0.29, 0.717) is 19.3 Å². The highest BCUT2D eigenvalue weighted by Gasteiger charge is 2.44. The van der Waals surface area contributed by atoms with Gasteiger partial charge in [-0.25, -0.2) is 0 Å². The predicted octanol–water partition coefficient (Wildman–Crippen LogP) is 7.22. The molecule has 0 aromatic heterocycles. The highest BCUT2D eigenvalue weighted by Crippen LogP contribution is 2.23. The number of rotatable bonds is 37. The topological polar surface area (TPSA) is 189 Å². The molecule has 0 radical (unpaired) electrons. The summed E-state index contributed by atoms with van der Waals surface area (Å²) in [5.41, 5.74) is 0. The van der Waals surface area contributed by atoms with Gasteiger partial charge in [0.15, 0.2) is 6.29 Å². The first-order valence-electron chi connectivity index (χ1n) is 22.9. The Kier molecular flexibility index (Phi) is 33.9. The number of unbranched alkanes of at least 4 members (excludes halogenated alkanes) is 19. The molecule has 334 valence electrons. The van der Waals surface area contributed by atoms with Gasteiger partial charge in [-0.1, -0.05) is 153 Å². The summed E-state index contributed by atoms with van der Waals surface area (Å²) < 4.78 is 11.1. The van der Waals surface area contributed by atoms with Crippen LogP contribution in [-0.2, 0) is 14.3 Å². The summed E-state index contributed by atoms with van der Waals surface area (Å²) in [4.78, 5) is 13.0. The summed E-state index contributed by atoms with van der Waals surface area (Å²) >= 11 is 0. The van der Waals surface area contributed by atoms with Crippen LogP contribution in [0.5, 0.6) is 0 Å². The zero-order valence-electron chi connectivity index (χ0n) is 35.8. The molecule has 0 aromatic carbocycles. The Labute approximate surface area is 346 Å². The lowest BCUT2D eigenvalue weighted by molar-refractivity contribution is -0.303. The monoisotopic (exact) mass is 812 g/mol. The quantitative estimate of drug-likeness (QED) is 0.0235. The number of hydrogen-bond donors (Lipinski definition) is 8. The molecule has 0 aromatic rings. The maximum Gasteiger partial charge on any atom is 0.249 e. The van der Waals surface area contributed by atoms with Crippen LogP contribution in [0.15, 0.2) is 36.5 Å². The fraction of sp³-hybridized carbons (Fsp3) is 0.848. The molecule has 0 aliphatic carbocycles. The first kappa shape index (κ1) is 53.3. The smallest absolute Gasteiger partial charge is 0.249 e. The van der Waals surface area contributed by atoms with Crippen LogP contribution in [0.3, 0.4) is 0 Å². The van der Waals surface area contributed by atoms with Gasteiger partial charge in [0.25, 0.3) is 0 Å². The lowest BCUT2D eigenvalue weighted by Crippen LogP contribution is -2.60. The molecule has 9 atom stereocenters. The molecule has 11 nitrogen and oxygen atoms in total. The van der Waals surface area contributed by atoms with Crippen LogP contribution in [0.4, 0.5) is 0 Å². The molecule has 1 fully saturated rings. The molecule has 1 saturated heterocycles. The van der Waals surface area contributed by atoms with Crippen molar-refractivity contribution in [1.82, 2.24) is 5.32 Å². The number of carbonyl (C=O) groups is 1. The van der Waals surface area contributed by atoms with E-state index >= 15 is 0 Å². The van der Waals surface area contributed by atoms with Gasteiger partial charge in [0.2, 0.25) is 5.91 Å². The average Bonchev–Trinajstić information content (AvgIpc) is 3.21. The molecule has 1 heterocycles. The van der Waals surface area contributed by atoms with Crippen LogP contribution < -0.4 is 5.32 Å². The number of allylic oxidation sites excluding steroid dienone is 6. The van der Waals surface area contributed by atoms with Crippen LogP contribution >= 0.6 is 0 Å². The van der Waals surface area contributed by atoms with Gasteiger partial charge < -0.3 is 50.5 Å². The van der Waals surface area contributed by atoms with E-state index < -0.39 is 74.2 Å². The predicted molar refractivity (Wildman–Crippen MR) is 228 cm³/mol. The standard InChI is InChI=1S/C46H85NO10/c1-3-5-7-9-11-13-15-16-17-18-19-20-21-22-24-25-27-29-31-33-38(49)41(51)37(36-56-46-44(54)43(53)42(52)40(35-48)57-46)47-45(55)39(50)34-32-30-28-26-23-14-12-10-8-6-4-2/h16-17,20-21,25,27,37-44,46,48-54H,3-15,18-19,22-24,26,28-36H2,1-2H3,(H,47,55)/b17-16+,21-20+,27-25+. The molecule has 8 N–H and O–H groups in total. The minimum absolute atomic E-state index is 0.242. The van der Waals surface area contributed by atoms with Crippen molar-refractivity contribution in [1.29, 1.82) is 0 Å². The zero-order chi connectivity index (χ0) is 41.9. The fourth-order valence-corrected chi connectivity index (χ4v) is 7.06. The van der Waals surface area contributed by atoms with E-state index in [-0.39, 0.29) is 12.8 Å². The molecule has 0 saturated carbocycles. The van der Waals surface area contributed by atoms with Gasteiger partial charge in [0, 0.05) is 0 Å². The van der Waals surface area contributed by atoms with Gasteiger partial charge in [-0.3, -0.25) is 4.79 Å². The third-order valence-electron chi connectivity index (χ3n) is 10.9. The number of ether oxygens (including phenoxy) is 2. The minimum Gasteiger partial charge on any atom is -0.394 e. The third kappa shape index (κ3) is 26.2. The van der Waals surface area contributed by atoms with Gasteiger partial charge in [-0.15, -0.1) is 0 Å². The molecular weight excluding hydrogens is 727 g/mol. The number of hydrogen-bond acceptors (Lipinski definition) is 10. The lowest BCUT2D eigenvalue weighted by Gasteiger charge is -2.40. The van der Waals surface area contributed by atoms with Gasteiger partial charge in [-0.2, -0.15) is 0 Å². The Morgan fingerprint density at radius 2 is 1.05 bits per heavy atom. The van der Waals surface area contributed by atoms with Gasteiger partial charge in [0.1, 0.15) is 36.6 Å². The van der Waals surface area contributed by atoms with Crippen LogP contribution in [0.2, 0.25) is 0 Å². The SMILES string of the molecule is CCCCCCCC/C=C/CC/C=C/CC/C=C/CCCC(O)C(O)C(COC1OC(CO)C(O)C(O)C1O)NC(=O)C(O)CCCCCCCCCCCCC. The molecule has 0 spiro atoms. The van der Waals surface area contributed by atoms with Gasteiger partial charge >= 0.3 is 0 Å². The van der Waals surface area contributed by atoms with E-state index in [2.05, 4.69) is 55.6 Å². The number of aliphatic hydroxyl groups is 7. The lowest BCUT2D eigenvalue weighted by atomic mass is 9.98. The second kappa shape index (κ2) is 36.2. The largest absolute Gasteiger partial charge is 0.394 e. The second-order valence-electron chi connectivity index (χ2n) is 16.1. The van der Waals surface area contributed by atoms with Crippen molar-refractivity contribution in [2.75, 3.05) is 13.2 Å². The average molecular weight is 812 g/mol. The van der Waals surface area contributed by atoms with Crippen LogP contribution in [0.1, 0.15) is 181 Å². The molecular formula is C46H85NO10. The van der Waals surface area contributed by atoms with E-state index in [1.165, 1.54) is 89.9 Å². The number of nitrogens with one attached hydrogen (secondary N) is 1. The first-order valence-corrected chi connectivity index (χ1v) is 22.9. The zero-order valence-corrected chi connectivity index (χ0v) is 35.8. The summed E-state index contributed by atoms with van der Waals surface area (Å²) in [6.07, 6.45) is 29.1. The number of aliphatic hydroxyl groups excluding tert-OH is 7. The number of amides is 1. The summed E-state index contributed by atoms with van der Waals surface area (Å²) in [5.74, 6) is -0.715. The Bertz CT molecular complexity index is 1020. The van der Waals surface area contributed by atoms with Crippen molar-refractivity contribution in [2.45, 2.75) is 236 Å². The first-order chi connectivity index (χ1) is 27.7. The van der Waals surface area contributed by atoms with E-state index in [1.54, 1.807) is 0 Å². The van der Waals surface area contributed by atoms with Crippen molar-refractivity contribution < 1.29 is 50.0 Å². The highest BCUT2D eigenvalue weighted by molar-refractivity contribution is 5.80. The molecule has 1 aliphatic rings. The molecule has 1 amide bonds. The Morgan fingerprint density at radius 3 is 1.56 bits per heavy atom. The van der Waals surface area contributed by atoms with Crippen molar-refractivity contribution in [3.8, 4) is 0 Å². The second-order valence-corrected chi connectivity index (χ2v) is 16.1. The molecule has 57 heavy (non-hydrogen) atoms. The van der Waals surface area contributed by atoms with E-state index in [4.69, 9.17) is 9.47 Å². The molecule has 1 aliphatic heterocycles. The van der Waals surface area contributed by atoms with Crippen LogP contribution in [-0.4, -0.2) is 110 Å². The third-order valence-corrected chi connectivity index (χ3v) is 10.9. The molecule has 1 rings (SSSR count). The molecule has 9 unspecified atom stereocenters. The fourth-order valence-electron chi connectivity index (χ4n) is 7.06. The van der Waals surface area contributed by atoms with E-state index in [1.807, 2.05) is 0 Å². The van der Waals surface area contributed by atoms with E-state index in [0.717, 1.165) is 44.9 Å². The summed E-state index contributed by atoms with van der Waals surface area (Å²) in [7, 11) is 0. The summed E-state index contributed by atoms with van der Waals surface area (Å²) in [5, 5.41) is 75.5. The maximum atomic E-state index is 13.0. The normalized spacial score (nSPS) is 22.4. The molecule has 11 heteroatoms. The van der Waals surface area contributed by atoms with Gasteiger partial charge in [0.05, 0.1) is 25.4 Å². The maximum absolute atomic E-state index is 13.0. The summed E-state index contributed by atoms with van der Waals surface area (Å²) in [6.45, 7) is 3.38. The Morgan fingerprint density at radius 1 is 0.596 bits per heavy atom. The Balaban J connectivity index is 2.50. The van der Waals surface area contributed by atoms with E-state index in [9.17, 15) is 40.5 Å².